The molecule has 4 N–H and O–H groups in total. The Kier molecular flexibility index (Phi) is 8.62. The van der Waals surface area contributed by atoms with Crippen LogP contribution in [0.25, 0.3) is 0 Å². The van der Waals surface area contributed by atoms with Crippen LogP contribution in [0.3, 0.4) is 0 Å². The van der Waals surface area contributed by atoms with Crippen LogP contribution in [0, 0.1) is 5.92 Å². The molecule has 11 heteroatoms. The van der Waals surface area contributed by atoms with Crippen molar-refractivity contribution < 1.29 is 18.0 Å². The molecule has 1 aliphatic rings. The number of amides is 2. The number of nitrogens with zero attached hydrogens (tertiary/aromatic N) is 1. The number of nitrogens with one attached hydrogen (secondary N) is 2. The molecular formula is C27H28Cl2N4O4S. The monoisotopic (exact) mass is 574 g/mol. The molecule has 4 rings (SSSR count). The summed E-state index contributed by atoms with van der Waals surface area (Å²) in [6, 6.07) is 20.4. The van der Waals surface area contributed by atoms with Gasteiger partial charge in [0.05, 0.1) is 11.8 Å². The number of likely N-dealkylation sites (tertiary alicyclic amines) is 1. The molecule has 2 amide bonds. The average molecular weight is 576 g/mol. The van der Waals surface area contributed by atoms with Gasteiger partial charge in [0.2, 0.25) is 15.9 Å². The van der Waals surface area contributed by atoms with Gasteiger partial charge in [0.15, 0.2) is 0 Å². The summed E-state index contributed by atoms with van der Waals surface area (Å²) in [6.45, 7) is 2.65. The molecule has 1 heterocycles. The van der Waals surface area contributed by atoms with Gasteiger partial charge in [-0.25, -0.2) is 8.42 Å². The lowest BCUT2D eigenvalue weighted by Crippen LogP contribution is -2.51. The standard InChI is InChI=1S/C27H28Cl2N4O4S/c1-17(26(30)34)31-27(35)21-3-2-4-24(13-21)32-38(36,37)16-18-14-33(15-18)25(19-5-9-22(28)10-6-19)20-7-11-23(29)12-8-20/h2-13,17-18,25,32H,14-16H2,1H3,(H2,30,34)(H,31,35)/t17-/m1/s1. The number of hydrogen-bond donors (Lipinski definition) is 3. The van der Waals surface area contributed by atoms with Gasteiger partial charge in [0.1, 0.15) is 6.04 Å². The van der Waals surface area contributed by atoms with E-state index in [1.165, 1.54) is 19.1 Å². The second-order valence-corrected chi connectivity index (χ2v) is 12.0. The molecule has 1 fully saturated rings. The topological polar surface area (TPSA) is 122 Å². The Bertz CT molecular complexity index is 1360. The van der Waals surface area contributed by atoms with Gasteiger partial charge in [-0.1, -0.05) is 53.5 Å². The number of benzene rings is 3. The van der Waals surface area contributed by atoms with E-state index in [-0.39, 0.29) is 29.0 Å². The molecule has 0 spiro atoms. The van der Waals surface area contributed by atoms with Gasteiger partial charge in [-0.2, -0.15) is 0 Å². The average Bonchev–Trinajstić information content (AvgIpc) is 2.84. The van der Waals surface area contributed by atoms with Crippen LogP contribution in [0.4, 0.5) is 5.69 Å². The Morgan fingerprint density at radius 1 is 0.974 bits per heavy atom. The second-order valence-electron chi connectivity index (χ2n) is 9.39. The molecule has 3 aromatic carbocycles. The molecule has 0 saturated carbocycles. The van der Waals surface area contributed by atoms with Crippen LogP contribution in [0.15, 0.2) is 72.8 Å². The SMILES string of the molecule is C[C@@H](NC(=O)c1cccc(NS(=O)(=O)CC2CN(C(c3ccc(Cl)cc3)c3ccc(Cl)cc3)C2)c1)C(N)=O. The Morgan fingerprint density at radius 2 is 1.53 bits per heavy atom. The van der Waals surface area contributed by atoms with Crippen LogP contribution in [0.1, 0.15) is 34.5 Å². The molecule has 1 atom stereocenters. The highest BCUT2D eigenvalue weighted by molar-refractivity contribution is 7.92. The van der Waals surface area contributed by atoms with E-state index in [0.29, 0.717) is 23.1 Å². The predicted molar refractivity (Wildman–Crippen MR) is 150 cm³/mol. The van der Waals surface area contributed by atoms with Crippen LogP contribution in [0.2, 0.25) is 10.0 Å². The highest BCUT2D eigenvalue weighted by atomic mass is 35.5. The van der Waals surface area contributed by atoms with E-state index in [9.17, 15) is 18.0 Å². The minimum atomic E-state index is -3.68. The van der Waals surface area contributed by atoms with E-state index < -0.39 is 27.9 Å². The maximum Gasteiger partial charge on any atom is 0.251 e. The maximum atomic E-state index is 12.9. The number of carbonyl (C=O) groups excluding carboxylic acids is 2. The number of nitrogens with two attached hydrogens (primary N) is 1. The molecule has 38 heavy (non-hydrogen) atoms. The van der Waals surface area contributed by atoms with E-state index in [4.69, 9.17) is 28.9 Å². The minimum absolute atomic E-state index is 0.0607. The van der Waals surface area contributed by atoms with Crippen LogP contribution in [0.5, 0.6) is 0 Å². The number of rotatable bonds is 10. The van der Waals surface area contributed by atoms with Gasteiger partial charge in [0, 0.05) is 40.3 Å². The van der Waals surface area contributed by atoms with Gasteiger partial charge in [0.25, 0.3) is 5.91 Å². The number of sulfonamides is 1. The Morgan fingerprint density at radius 3 is 2.05 bits per heavy atom. The molecule has 1 aliphatic heterocycles. The smallest absolute Gasteiger partial charge is 0.251 e. The summed E-state index contributed by atoms with van der Waals surface area (Å²) < 4.78 is 28.4. The molecular weight excluding hydrogens is 547 g/mol. The van der Waals surface area contributed by atoms with Gasteiger partial charge in [-0.05, 0) is 60.5 Å². The first kappa shape index (κ1) is 27.9. The van der Waals surface area contributed by atoms with Gasteiger partial charge < -0.3 is 11.1 Å². The molecule has 0 aliphatic carbocycles. The molecule has 8 nitrogen and oxygen atoms in total. The third-order valence-corrected chi connectivity index (χ3v) is 8.31. The zero-order chi connectivity index (χ0) is 27.4. The summed E-state index contributed by atoms with van der Waals surface area (Å²) in [7, 11) is -3.68. The van der Waals surface area contributed by atoms with E-state index in [1.807, 2.05) is 48.5 Å². The van der Waals surface area contributed by atoms with Crippen LogP contribution < -0.4 is 15.8 Å². The van der Waals surface area contributed by atoms with Gasteiger partial charge in [-0.15, -0.1) is 0 Å². The Labute approximate surface area is 232 Å². The fraction of sp³-hybridized carbons (Fsp3) is 0.259. The zero-order valence-corrected chi connectivity index (χ0v) is 22.9. The van der Waals surface area contributed by atoms with Crippen LogP contribution in [-0.2, 0) is 14.8 Å². The number of carbonyl (C=O) groups is 2. The first-order chi connectivity index (χ1) is 18.0. The highest BCUT2D eigenvalue weighted by Gasteiger charge is 2.36. The zero-order valence-electron chi connectivity index (χ0n) is 20.6. The fourth-order valence-electron chi connectivity index (χ4n) is 4.44. The molecule has 0 radical (unpaired) electrons. The maximum absolute atomic E-state index is 12.9. The van der Waals surface area contributed by atoms with Crippen molar-refractivity contribution in [1.82, 2.24) is 10.2 Å². The van der Waals surface area contributed by atoms with Crippen molar-refractivity contribution >= 4 is 50.7 Å². The van der Waals surface area contributed by atoms with Crippen molar-refractivity contribution in [2.75, 3.05) is 23.6 Å². The second kappa shape index (κ2) is 11.7. The number of hydrogen-bond acceptors (Lipinski definition) is 5. The van der Waals surface area contributed by atoms with Crippen molar-refractivity contribution in [3.8, 4) is 0 Å². The lowest BCUT2D eigenvalue weighted by atomic mass is 9.91. The number of anilines is 1. The van der Waals surface area contributed by atoms with E-state index >= 15 is 0 Å². The summed E-state index contributed by atoms with van der Waals surface area (Å²) in [5.74, 6) is -1.33. The minimum Gasteiger partial charge on any atom is -0.368 e. The van der Waals surface area contributed by atoms with Crippen molar-refractivity contribution in [3.05, 3.63) is 99.5 Å². The van der Waals surface area contributed by atoms with Crippen molar-refractivity contribution in [2.45, 2.75) is 19.0 Å². The normalized spacial score (nSPS) is 15.1. The lowest BCUT2D eigenvalue weighted by Gasteiger charge is -2.44. The Hall–Kier alpha value is -3.11. The first-order valence-corrected chi connectivity index (χ1v) is 14.4. The summed E-state index contributed by atoms with van der Waals surface area (Å²) in [5, 5.41) is 3.76. The summed E-state index contributed by atoms with van der Waals surface area (Å²) in [4.78, 5) is 25.8. The van der Waals surface area contributed by atoms with E-state index in [2.05, 4.69) is 14.9 Å². The lowest BCUT2D eigenvalue weighted by molar-refractivity contribution is -0.119. The fourth-order valence-corrected chi connectivity index (χ4v) is 6.09. The van der Waals surface area contributed by atoms with E-state index in [0.717, 1.165) is 11.1 Å². The summed E-state index contributed by atoms with van der Waals surface area (Å²) in [6.07, 6.45) is 0. The molecule has 0 aromatic heterocycles. The first-order valence-electron chi connectivity index (χ1n) is 12.0. The van der Waals surface area contributed by atoms with Gasteiger partial charge in [-0.3, -0.25) is 19.2 Å². The largest absolute Gasteiger partial charge is 0.368 e. The molecule has 200 valence electrons. The molecule has 1 saturated heterocycles. The van der Waals surface area contributed by atoms with Gasteiger partial charge >= 0.3 is 0 Å². The van der Waals surface area contributed by atoms with Crippen molar-refractivity contribution in [3.63, 3.8) is 0 Å². The highest BCUT2D eigenvalue weighted by Crippen LogP contribution is 2.35. The van der Waals surface area contributed by atoms with Crippen molar-refractivity contribution in [1.29, 1.82) is 0 Å². The summed E-state index contributed by atoms with van der Waals surface area (Å²) >= 11 is 12.2. The van der Waals surface area contributed by atoms with Crippen LogP contribution >= 0.6 is 23.2 Å². The Balaban J connectivity index is 1.40. The summed E-state index contributed by atoms with van der Waals surface area (Å²) in [5.41, 5.74) is 7.77. The molecule has 3 aromatic rings. The van der Waals surface area contributed by atoms with Crippen molar-refractivity contribution in [2.24, 2.45) is 11.7 Å². The number of halogens is 2. The van der Waals surface area contributed by atoms with Crippen LogP contribution in [-0.4, -0.2) is 50.0 Å². The quantitative estimate of drug-likeness (QED) is 0.337. The third-order valence-electron chi connectivity index (χ3n) is 6.35. The molecule has 0 bridgehead atoms. The number of primary amides is 1. The third kappa shape index (κ3) is 7.05. The molecule has 0 unspecified atom stereocenters. The predicted octanol–water partition coefficient (Wildman–Crippen LogP) is 4.06. The van der Waals surface area contributed by atoms with E-state index in [1.54, 1.807) is 12.1 Å².